The number of hydrogen-bond acceptors (Lipinski definition) is 5. The van der Waals surface area contributed by atoms with Crippen molar-refractivity contribution in [3.63, 3.8) is 0 Å². The molecule has 1 heterocycles. The molecule has 2 aromatic rings. The van der Waals surface area contributed by atoms with Gasteiger partial charge in [-0.05, 0) is 67.7 Å². The molecule has 6 nitrogen and oxygen atoms in total. The standard InChI is InChI=1S/C31H24BrNO5/c1-3-16-4-7-18(8-5-16)33-30(37)20-10-9-19-21(27(20)31(33)38)14-23-28(25(35)12-15(2)29(23)36)26(19)22-13-17(32)6-11-24(22)34/h3-9,11-13,20-21,26-27,34H,1,10,14H2,2H3. The van der Waals surface area contributed by atoms with E-state index in [0.717, 1.165) is 11.1 Å². The van der Waals surface area contributed by atoms with Crippen LogP contribution >= 0.6 is 15.9 Å². The van der Waals surface area contributed by atoms with E-state index in [1.54, 1.807) is 55.5 Å². The quantitative estimate of drug-likeness (QED) is 0.302. The molecule has 4 atom stereocenters. The van der Waals surface area contributed by atoms with Crippen molar-refractivity contribution in [1.82, 2.24) is 0 Å². The average molecular weight is 570 g/mol. The molecule has 4 aliphatic rings. The Hall–Kier alpha value is -3.84. The number of amides is 2. The lowest BCUT2D eigenvalue weighted by molar-refractivity contribution is -0.123. The van der Waals surface area contributed by atoms with Gasteiger partial charge in [0.15, 0.2) is 11.6 Å². The van der Waals surface area contributed by atoms with Crippen LogP contribution in [0.15, 0.2) is 88.0 Å². The number of benzene rings is 2. The molecule has 0 aromatic heterocycles. The Bertz CT molecular complexity index is 1560. The highest BCUT2D eigenvalue weighted by Crippen LogP contribution is 2.56. The van der Waals surface area contributed by atoms with E-state index < -0.39 is 23.7 Å². The second kappa shape index (κ2) is 8.88. The van der Waals surface area contributed by atoms with Crippen molar-refractivity contribution in [1.29, 1.82) is 0 Å². The number of aromatic hydroxyl groups is 1. The van der Waals surface area contributed by atoms with Gasteiger partial charge in [0.05, 0.1) is 17.5 Å². The maximum atomic E-state index is 13.9. The lowest BCUT2D eigenvalue weighted by atomic mass is 9.59. The molecule has 0 spiro atoms. The van der Waals surface area contributed by atoms with Gasteiger partial charge < -0.3 is 5.11 Å². The van der Waals surface area contributed by atoms with Gasteiger partial charge in [-0.15, -0.1) is 0 Å². The third kappa shape index (κ3) is 3.52. The lowest BCUT2D eigenvalue weighted by Crippen LogP contribution is -2.39. The molecule has 4 unspecified atom stereocenters. The summed E-state index contributed by atoms with van der Waals surface area (Å²) < 4.78 is 0.714. The second-order valence-corrected chi connectivity index (χ2v) is 11.2. The molecule has 0 saturated carbocycles. The van der Waals surface area contributed by atoms with Gasteiger partial charge in [0, 0.05) is 32.7 Å². The molecule has 1 N–H and O–H groups in total. The first-order valence-corrected chi connectivity index (χ1v) is 13.3. The zero-order chi connectivity index (χ0) is 26.9. The highest BCUT2D eigenvalue weighted by molar-refractivity contribution is 9.10. The number of phenols is 1. The van der Waals surface area contributed by atoms with Crippen LogP contribution in [0.1, 0.15) is 36.8 Å². The summed E-state index contributed by atoms with van der Waals surface area (Å²) in [6.45, 7) is 5.37. The van der Waals surface area contributed by atoms with Gasteiger partial charge in [0.2, 0.25) is 11.8 Å². The number of carbonyl (C=O) groups is 4. The first-order chi connectivity index (χ1) is 18.2. The van der Waals surface area contributed by atoms with E-state index in [1.165, 1.54) is 11.0 Å². The molecule has 0 radical (unpaired) electrons. The van der Waals surface area contributed by atoms with Crippen LogP contribution in [0.3, 0.4) is 0 Å². The van der Waals surface area contributed by atoms with Crippen molar-refractivity contribution >= 4 is 51.1 Å². The Morgan fingerprint density at radius 2 is 1.76 bits per heavy atom. The monoisotopic (exact) mass is 569 g/mol. The van der Waals surface area contributed by atoms with Crippen LogP contribution < -0.4 is 4.90 Å². The number of allylic oxidation sites excluding steroid dienone is 6. The second-order valence-electron chi connectivity index (χ2n) is 10.2. The Kier molecular flexibility index (Phi) is 5.72. The number of rotatable bonds is 3. The molecule has 190 valence electrons. The van der Waals surface area contributed by atoms with Crippen molar-refractivity contribution in [2.75, 3.05) is 4.90 Å². The van der Waals surface area contributed by atoms with Gasteiger partial charge in [-0.1, -0.05) is 52.4 Å². The molecule has 7 heteroatoms. The number of hydrogen-bond donors (Lipinski definition) is 1. The number of phenolic OH excluding ortho intramolecular Hbond substituents is 1. The van der Waals surface area contributed by atoms with E-state index in [4.69, 9.17) is 0 Å². The van der Waals surface area contributed by atoms with Crippen LogP contribution in [0.5, 0.6) is 5.75 Å². The topological polar surface area (TPSA) is 91.8 Å². The maximum Gasteiger partial charge on any atom is 0.238 e. The van der Waals surface area contributed by atoms with Crippen molar-refractivity contribution < 1.29 is 24.3 Å². The van der Waals surface area contributed by atoms with E-state index in [9.17, 15) is 24.3 Å². The minimum atomic E-state index is -0.688. The Balaban J connectivity index is 1.49. The summed E-state index contributed by atoms with van der Waals surface area (Å²) in [5.41, 5.74) is 3.74. The predicted molar refractivity (Wildman–Crippen MR) is 146 cm³/mol. The van der Waals surface area contributed by atoms with Gasteiger partial charge in [-0.2, -0.15) is 0 Å². The van der Waals surface area contributed by atoms with E-state index in [-0.39, 0.29) is 35.6 Å². The number of anilines is 1. The number of Topliss-reactive ketones (excluding diaryl/α,β-unsaturated/α-hetero) is 1. The van der Waals surface area contributed by atoms with Crippen LogP contribution in [-0.2, 0) is 19.2 Å². The normalized spacial score (nSPS) is 26.5. The fourth-order valence-corrected chi connectivity index (χ4v) is 6.89. The zero-order valence-corrected chi connectivity index (χ0v) is 22.2. The van der Waals surface area contributed by atoms with Crippen LogP contribution in [0, 0.1) is 17.8 Å². The van der Waals surface area contributed by atoms with E-state index >= 15 is 0 Å². The minimum Gasteiger partial charge on any atom is -0.508 e. The van der Waals surface area contributed by atoms with Gasteiger partial charge in [0.25, 0.3) is 0 Å². The van der Waals surface area contributed by atoms with Gasteiger partial charge in [0.1, 0.15) is 5.75 Å². The van der Waals surface area contributed by atoms with E-state index in [1.807, 2.05) is 6.08 Å². The molecule has 6 rings (SSSR count). The summed E-state index contributed by atoms with van der Waals surface area (Å²) >= 11 is 3.46. The fraction of sp³-hybridized carbons (Fsp3) is 0.226. The molecule has 2 amide bonds. The summed E-state index contributed by atoms with van der Waals surface area (Å²) in [6, 6.07) is 12.1. The van der Waals surface area contributed by atoms with Crippen molar-refractivity contribution in [2.24, 2.45) is 17.8 Å². The van der Waals surface area contributed by atoms with Crippen molar-refractivity contribution in [3.8, 4) is 5.75 Å². The molecule has 1 aliphatic heterocycles. The van der Waals surface area contributed by atoms with Crippen LogP contribution in [0.25, 0.3) is 6.08 Å². The highest BCUT2D eigenvalue weighted by atomic mass is 79.9. The first-order valence-electron chi connectivity index (χ1n) is 12.5. The number of ketones is 2. The Labute approximate surface area is 228 Å². The minimum absolute atomic E-state index is 0.00185. The SMILES string of the molecule is C=Cc1ccc(N2C(=O)C3CC=C4C(c5cc(Br)ccc5O)C5=C(CC4C3C2=O)C(=O)C(C)=CC5=O)cc1. The lowest BCUT2D eigenvalue weighted by Gasteiger charge is -2.42. The van der Waals surface area contributed by atoms with Crippen molar-refractivity contribution in [2.45, 2.75) is 25.7 Å². The third-order valence-electron chi connectivity index (χ3n) is 8.25. The van der Waals surface area contributed by atoms with Crippen LogP contribution in [0.2, 0.25) is 0 Å². The number of fused-ring (bicyclic) bond motifs is 3. The van der Waals surface area contributed by atoms with Gasteiger partial charge in [-0.3, -0.25) is 24.1 Å². The molecule has 3 aliphatic carbocycles. The summed E-state index contributed by atoms with van der Waals surface area (Å²) in [5.74, 6) is -3.41. The highest BCUT2D eigenvalue weighted by Gasteiger charge is 2.56. The molecule has 38 heavy (non-hydrogen) atoms. The number of carbonyl (C=O) groups excluding carboxylic acids is 4. The van der Waals surface area contributed by atoms with Crippen molar-refractivity contribution in [3.05, 3.63) is 99.1 Å². The largest absolute Gasteiger partial charge is 0.508 e. The molecule has 0 bridgehead atoms. The molecule has 2 aromatic carbocycles. The van der Waals surface area contributed by atoms with Gasteiger partial charge in [-0.25, -0.2) is 0 Å². The molecule has 1 saturated heterocycles. The summed E-state index contributed by atoms with van der Waals surface area (Å²) in [7, 11) is 0. The average Bonchev–Trinajstić information content (AvgIpc) is 3.17. The first kappa shape index (κ1) is 24.5. The number of imide groups is 1. The third-order valence-corrected chi connectivity index (χ3v) is 8.74. The predicted octanol–water partition coefficient (Wildman–Crippen LogP) is 5.43. The summed E-state index contributed by atoms with van der Waals surface area (Å²) in [5, 5.41) is 10.9. The van der Waals surface area contributed by atoms with E-state index in [0.29, 0.717) is 38.9 Å². The molecular formula is C31H24BrNO5. The molecular weight excluding hydrogens is 546 g/mol. The fourth-order valence-electron chi connectivity index (χ4n) is 6.51. The summed E-state index contributed by atoms with van der Waals surface area (Å²) in [4.78, 5) is 55.4. The zero-order valence-electron chi connectivity index (χ0n) is 20.6. The molecule has 1 fully saturated rings. The number of nitrogens with zero attached hydrogens (tertiary/aromatic N) is 1. The smallest absolute Gasteiger partial charge is 0.238 e. The summed E-state index contributed by atoms with van der Waals surface area (Å²) in [6.07, 6.45) is 5.53. The Morgan fingerprint density at radius 1 is 1.03 bits per heavy atom. The number of halogens is 1. The van der Waals surface area contributed by atoms with Crippen LogP contribution in [-0.4, -0.2) is 28.5 Å². The Morgan fingerprint density at radius 3 is 2.47 bits per heavy atom. The maximum absolute atomic E-state index is 13.9. The van der Waals surface area contributed by atoms with E-state index in [2.05, 4.69) is 22.5 Å². The van der Waals surface area contributed by atoms with Crippen LogP contribution in [0.4, 0.5) is 5.69 Å². The van der Waals surface area contributed by atoms with Gasteiger partial charge >= 0.3 is 0 Å².